The van der Waals surface area contributed by atoms with Gasteiger partial charge in [0.1, 0.15) is 5.75 Å². The molecule has 2 N–H and O–H groups in total. The standard InChI is InChI=1S/C21H19IN2O4S/c1-2-28-19-10-6-18(7-11-19)24-29(26,27)20-12-8-17(9-13-20)23-21(25)15-4-3-5-16(22)14-15/h3-14,24H,2H2,1H3,(H,23,25). The first-order valence-corrected chi connectivity index (χ1v) is 11.4. The van der Waals surface area contributed by atoms with Gasteiger partial charge in [0.2, 0.25) is 0 Å². The first kappa shape index (κ1) is 21.1. The summed E-state index contributed by atoms with van der Waals surface area (Å²) in [6.45, 7) is 2.42. The van der Waals surface area contributed by atoms with Crippen molar-refractivity contribution in [3.8, 4) is 5.75 Å². The van der Waals surface area contributed by atoms with Crippen LogP contribution in [-0.2, 0) is 10.0 Å². The molecule has 3 rings (SSSR count). The normalized spacial score (nSPS) is 11.0. The Balaban J connectivity index is 1.69. The summed E-state index contributed by atoms with van der Waals surface area (Å²) in [5, 5.41) is 2.76. The van der Waals surface area contributed by atoms with Gasteiger partial charge < -0.3 is 10.1 Å². The van der Waals surface area contributed by atoms with Crippen molar-refractivity contribution in [2.45, 2.75) is 11.8 Å². The monoisotopic (exact) mass is 522 g/mol. The minimum Gasteiger partial charge on any atom is -0.494 e. The highest BCUT2D eigenvalue weighted by Crippen LogP contribution is 2.21. The van der Waals surface area contributed by atoms with Crippen LogP contribution in [0.1, 0.15) is 17.3 Å². The van der Waals surface area contributed by atoms with Crippen LogP contribution in [0.15, 0.2) is 77.7 Å². The fourth-order valence-corrected chi connectivity index (χ4v) is 4.15. The molecule has 0 aliphatic heterocycles. The van der Waals surface area contributed by atoms with E-state index >= 15 is 0 Å². The summed E-state index contributed by atoms with van der Waals surface area (Å²) in [6.07, 6.45) is 0. The number of ether oxygens (including phenoxy) is 1. The highest BCUT2D eigenvalue weighted by Gasteiger charge is 2.15. The van der Waals surface area contributed by atoms with Crippen molar-refractivity contribution < 1.29 is 17.9 Å². The Morgan fingerprint density at radius 1 is 0.966 bits per heavy atom. The molecule has 3 aromatic rings. The number of sulfonamides is 1. The Labute approximate surface area is 183 Å². The molecule has 8 heteroatoms. The van der Waals surface area contributed by atoms with E-state index in [0.29, 0.717) is 29.3 Å². The highest BCUT2D eigenvalue weighted by atomic mass is 127. The number of hydrogen-bond donors (Lipinski definition) is 2. The number of benzene rings is 3. The topological polar surface area (TPSA) is 84.5 Å². The molecular weight excluding hydrogens is 503 g/mol. The minimum absolute atomic E-state index is 0.0960. The third-order valence-electron chi connectivity index (χ3n) is 3.93. The maximum absolute atomic E-state index is 12.6. The molecule has 0 aliphatic rings. The lowest BCUT2D eigenvalue weighted by Crippen LogP contribution is -2.14. The van der Waals surface area contributed by atoms with Gasteiger partial charge in [-0.2, -0.15) is 0 Å². The molecule has 0 bridgehead atoms. The molecule has 0 heterocycles. The number of amides is 1. The predicted molar refractivity (Wildman–Crippen MR) is 122 cm³/mol. The second kappa shape index (κ2) is 9.27. The summed E-state index contributed by atoms with van der Waals surface area (Å²) in [6, 6.07) is 19.9. The number of rotatable bonds is 7. The Hall–Kier alpha value is -2.59. The van der Waals surface area contributed by atoms with E-state index in [1.807, 2.05) is 13.0 Å². The van der Waals surface area contributed by atoms with E-state index in [1.54, 1.807) is 54.6 Å². The number of anilines is 2. The van der Waals surface area contributed by atoms with Crippen molar-refractivity contribution >= 4 is 49.9 Å². The van der Waals surface area contributed by atoms with Gasteiger partial charge in [-0.25, -0.2) is 8.42 Å². The second-order valence-corrected chi connectivity index (χ2v) is 8.98. The average Bonchev–Trinajstić information content (AvgIpc) is 2.70. The zero-order chi connectivity index (χ0) is 20.9. The van der Waals surface area contributed by atoms with Gasteiger partial charge in [0.05, 0.1) is 11.5 Å². The van der Waals surface area contributed by atoms with E-state index in [0.717, 1.165) is 3.57 Å². The van der Waals surface area contributed by atoms with Crippen LogP contribution in [0.5, 0.6) is 5.75 Å². The van der Waals surface area contributed by atoms with Gasteiger partial charge in [0.25, 0.3) is 15.9 Å². The van der Waals surface area contributed by atoms with Gasteiger partial charge in [-0.05, 0) is 96.2 Å². The molecular formula is C21H19IN2O4S. The van der Waals surface area contributed by atoms with Crippen molar-refractivity contribution in [2.24, 2.45) is 0 Å². The molecule has 6 nitrogen and oxygen atoms in total. The molecule has 0 fully saturated rings. The molecule has 0 atom stereocenters. The Morgan fingerprint density at radius 2 is 1.62 bits per heavy atom. The van der Waals surface area contributed by atoms with E-state index in [1.165, 1.54) is 12.1 Å². The molecule has 0 aliphatic carbocycles. The molecule has 3 aromatic carbocycles. The lowest BCUT2D eigenvalue weighted by Gasteiger charge is -2.10. The second-order valence-electron chi connectivity index (χ2n) is 6.05. The van der Waals surface area contributed by atoms with E-state index in [2.05, 4.69) is 32.6 Å². The van der Waals surface area contributed by atoms with Gasteiger partial charge >= 0.3 is 0 Å². The molecule has 0 aromatic heterocycles. The smallest absolute Gasteiger partial charge is 0.261 e. The lowest BCUT2D eigenvalue weighted by molar-refractivity contribution is 0.102. The summed E-state index contributed by atoms with van der Waals surface area (Å²) >= 11 is 2.14. The van der Waals surface area contributed by atoms with E-state index in [4.69, 9.17) is 4.74 Å². The molecule has 0 spiro atoms. The first-order chi connectivity index (χ1) is 13.9. The van der Waals surface area contributed by atoms with Crippen LogP contribution in [0, 0.1) is 3.57 Å². The van der Waals surface area contributed by atoms with Crippen LogP contribution < -0.4 is 14.8 Å². The summed E-state index contributed by atoms with van der Waals surface area (Å²) in [7, 11) is -3.75. The maximum Gasteiger partial charge on any atom is 0.261 e. The zero-order valence-corrected chi connectivity index (χ0v) is 18.5. The molecule has 0 saturated heterocycles. The van der Waals surface area contributed by atoms with Gasteiger partial charge in [-0.1, -0.05) is 6.07 Å². The molecule has 1 amide bonds. The van der Waals surface area contributed by atoms with Crippen LogP contribution in [0.25, 0.3) is 0 Å². The highest BCUT2D eigenvalue weighted by molar-refractivity contribution is 14.1. The quantitative estimate of drug-likeness (QED) is 0.439. The van der Waals surface area contributed by atoms with Crippen molar-refractivity contribution in [1.82, 2.24) is 0 Å². The molecule has 29 heavy (non-hydrogen) atoms. The first-order valence-electron chi connectivity index (χ1n) is 8.80. The van der Waals surface area contributed by atoms with Crippen LogP contribution in [0.4, 0.5) is 11.4 Å². The summed E-state index contributed by atoms with van der Waals surface area (Å²) in [4.78, 5) is 12.4. The van der Waals surface area contributed by atoms with E-state index in [-0.39, 0.29) is 10.8 Å². The average molecular weight is 522 g/mol. The zero-order valence-electron chi connectivity index (χ0n) is 15.6. The maximum atomic E-state index is 12.6. The van der Waals surface area contributed by atoms with Crippen LogP contribution in [0.2, 0.25) is 0 Å². The Kier molecular flexibility index (Phi) is 6.75. The van der Waals surface area contributed by atoms with E-state index in [9.17, 15) is 13.2 Å². The van der Waals surface area contributed by atoms with Gasteiger partial charge in [0.15, 0.2) is 0 Å². The molecule has 0 unspecified atom stereocenters. The fourth-order valence-electron chi connectivity index (χ4n) is 2.55. The number of carbonyl (C=O) groups excluding carboxylic acids is 1. The fraction of sp³-hybridized carbons (Fsp3) is 0.0952. The lowest BCUT2D eigenvalue weighted by atomic mass is 10.2. The SMILES string of the molecule is CCOc1ccc(NS(=O)(=O)c2ccc(NC(=O)c3cccc(I)c3)cc2)cc1. The number of carbonyl (C=O) groups is 1. The van der Waals surface area contributed by atoms with Crippen molar-refractivity contribution in [3.63, 3.8) is 0 Å². The predicted octanol–water partition coefficient (Wildman–Crippen LogP) is 4.74. The third kappa shape index (κ3) is 5.70. The Bertz CT molecular complexity index is 1100. The van der Waals surface area contributed by atoms with Crippen molar-refractivity contribution in [2.75, 3.05) is 16.6 Å². The van der Waals surface area contributed by atoms with Crippen LogP contribution in [-0.4, -0.2) is 20.9 Å². The minimum atomic E-state index is -3.75. The van der Waals surface area contributed by atoms with Gasteiger partial charge in [-0.15, -0.1) is 0 Å². The summed E-state index contributed by atoms with van der Waals surface area (Å²) in [5.74, 6) is 0.412. The molecule has 150 valence electrons. The van der Waals surface area contributed by atoms with Crippen LogP contribution in [0.3, 0.4) is 0 Å². The largest absolute Gasteiger partial charge is 0.494 e. The molecule has 0 saturated carbocycles. The number of hydrogen-bond acceptors (Lipinski definition) is 4. The van der Waals surface area contributed by atoms with Crippen LogP contribution >= 0.6 is 22.6 Å². The number of halogens is 1. The van der Waals surface area contributed by atoms with Crippen molar-refractivity contribution in [3.05, 3.63) is 81.9 Å². The van der Waals surface area contributed by atoms with Gasteiger partial charge in [-0.3, -0.25) is 9.52 Å². The van der Waals surface area contributed by atoms with Gasteiger partial charge in [0, 0.05) is 20.5 Å². The third-order valence-corrected chi connectivity index (χ3v) is 6.00. The Morgan fingerprint density at radius 3 is 2.24 bits per heavy atom. The summed E-state index contributed by atoms with van der Waals surface area (Å²) in [5.41, 5.74) is 1.48. The summed E-state index contributed by atoms with van der Waals surface area (Å²) < 4.78 is 34.0. The molecule has 0 radical (unpaired) electrons. The van der Waals surface area contributed by atoms with E-state index < -0.39 is 10.0 Å². The number of nitrogens with one attached hydrogen (secondary N) is 2. The van der Waals surface area contributed by atoms with Crippen molar-refractivity contribution in [1.29, 1.82) is 0 Å².